The van der Waals surface area contributed by atoms with Gasteiger partial charge in [0.2, 0.25) is 17.7 Å². The Kier molecular flexibility index (Phi) is 10.9. The molecule has 0 radical (unpaired) electrons. The molecule has 11 nitrogen and oxygen atoms in total. The van der Waals surface area contributed by atoms with Gasteiger partial charge in [-0.15, -0.1) is 0 Å². The van der Waals surface area contributed by atoms with Crippen molar-refractivity contribution in [3.05, 3.63) is 0 Å². The molecule has 0 saturated carbocycles. The van der Waals surface area contributed by atoms with E-state index in [1.54, 1.807) is 27.7 Å². The summed E-state index contributed by atoms with van der Waals surface area (Å²) in [7, 11) is 0. The summed E-state index contributed by atoms with van der Waals surface area (Å²) in [4.78, 5) is 58.8. The monoisotopic (exact) mass is 416 g/mol. The van der Waals surface area contributed by atoms with Crippen LogP contribution >= 0.6 is 0 Å². The second-order valence-corrected chi connectivity index (χ2v) is 7.57. The number of rotatable bonds is 12. The molecule has 4 unspecified atom stereocenters. The van der Waals surface area contributed by atoms with Crippen molar-refractivity contribution in [1.82, 2.24) is 16.0 Å². The van der Waals surface area contributed by atoms with Crippen LogP contribution in [0.5, 0.6) is 0 Å². The van der Waals surface area contributed by atoms with E-state index in [4.69, 9.17) is 15.9 Å². The summed E-state index contributed by atoms with van der Waals surface area (Å²) in [6, 6.07) is -4.25. The molecule has 0 saturated heterocycles. The minimum absolute atomic E-state index is 0.0856. The van der Waals surface area contributed by atoms with Crippen molar-refractivity contribution in [2.75, 3.05) is 0 Å². The predicted molar refractivity (Wildman–Crippen MR) is 104 cm³/mol. The first-order valence-corrected chi connectivity index (χ1v) is 9.39. The number of aliphatic carboxylic acids is 2. The molecule has 0 fully saturated rings. The third-order valence-electron chi connectivity index (χ3n) is 4.23. The van der Waals surface area contributed by atoms with Crippen LogP contribution in [-0.2, 0) is 24.0 Å². The van der Waals surface area contributed by atoms with Crippen molar-refractivity contribution in [3.8, 4) is 0 Å². The molecule has 0 bridgehead atoms. The number of hydrogen-bond acceptors (Lipinski definition) is 6. The van der Waals surface area contributed by atoms with Gasteiger partial charge in [-0.2, -0.15) is 0 Å². The molecule has 0 aromatic heterocycles. The Morgan fingerprint density at radius 3 is 1.55 bits per heavy atom. The van der Waals surface area contributed by atoms with Gasteiger partial charge >= 0.3 is 11.9 Å². The second-order valence-electron chi connectivity index (χ2n) is 7.57. The van der Waals surface area contributed by atoms with E-state index < -0.39 is 53.8 Å². The van der Waals surface area contributed by atoms with Gasteiger partial charge in [0.05, 0.1) is 6.04 Å². The fourth-order valence-corrected chi connectivity index (χ4v) is 2.35. The predicted octanol–water partition coefficient (Wildman–Crippen LogP) is -0.951. The summed E-state index contributed by atoms with van der Waals surface area (Å²) in [5.41, 5.74) is 5.67. The van der Waals surface area contributed by atoms with E-state index in [2.05, 4.69) is 16.0 Å². The lowest BCUT2D eigenvalue weighted by molar-refractivity contribution is -0.142. The van der Waals surface area contributed by atoms with E-state index in [9.17, 15) is 24.0 Å². The molecule has 0 heterocycles. The molecule has 0 aromatic rings. The van der Waals surface area contributed by atoms with Crippen molar-refractivity contribution in [1.29, 1.82) is 0 Å². The van der Waals surface area contributed by atoms with Crippen LogP contribution in [0.25, 0.3) is 0 Å². The molecule has 7 N–H and O–H groups in total. The Morgan fingerprint density at radius 1 is 0.759 bits per heavy atom. The summed E-state index contributed by atoms with van der Waals surface area (Å²) in [5.74, 6) is -4.96. The molecular formula is C18H32N4O7. The number of carboxylic acids is 2. The average molecular weight is 416 g/mol. The van der Waals surface area contributed by atoms with Gasteiger partial charge in [0, 0.05) is 6.42 Å². The summed E-state index contributed by atoms with van der Waals surface area (Å²) in [5, 5.41) is 24.9. The largest absolute Gasteiger partial charge is 0.481 e. The third-order valence-corrected chi connectivity index (χ3v) is 4.23. The van der Waals surface area contributed by atoms with E-state index in [1.807, 2.05) is 0 Å². The van der Waals surface area contributed by atoms with Crippen LogP contribution in [-0.4, -0.2) is 64.0 Å². The Hall–Kier alpha value is -2.69. The molecule has 0 aliphatic rings. The molecule has 0 aliphatic carbocycles. The molecule has 29 heavy (non-hydrogen) atoms. The van der Waals surface area contributed by atoms with Gasteiger partial charge in [0.1, 0.15) is 18.1 Å². The lowest BCUT2D eigenvalue weighted by atomic mass is 9.99. The summed E-state index contributed by atoms with van der Waals surface area (Å²) >= 11 is 0. The van der Waals surface area contributed by atoms with Gasteiger partial charge < -0.3 is 31.9 Å². The van der Waals surface area contributed by atoms with E-state index in [0.29, 0.717) is 0 Å². The zero-order valence-corrected chi connectivity index (χ0v) is 17.4. The van der Waals surface area contributed by atoms with Gasteiger partial charge in [-0.05, 0) is 25.2 Å². The summed E-state index contributed by atoms with van der Waals surface area (Å²) < 4.78 is 0. The highest BCUT2D eigenvalue weighted by atomic mass is 16.4. The van der Waals surface area contributed by atoms with E-state index >= 15 is 0 Å². The van der Waals surface area contributed by atoms with Gasteiger partial charge in [0.25, 0.3) is 0 Å². The molecule has 0 spiro atoms. The Balaban J connectivity index is 5.16. The fraction of sp³-hybridized carbons (Fsp3) is 0.722. The Labute approximate surface area is 169 Å². The molecule has 0 rings (SSSR count). The highest BCUT2D eigenvalue weighted by molar-refractivity contribution is 5.94. The number of carbonyl (C=O) groups excluding carboxylic acids is 3. The van der Waals surface area contributed by atoms with Crippen LogP contribution in [0.15, 0.2) is 0 Å². The van der Waals surface area contributed by atoms with Crippen LogP contribution in [0.1, 0.15) is 47.5 Å². The zero-order chi connectivity index (χ0) is 22.9. The number of nitrogens with one attached hydrogen (secondary N) is 3. The second kappa shape index (κ2) is 12.0. The highest BCUT2D eigenvalue weighted by Gasteiger charge is 2.32. The Bertz CT molecular complexity index is 621. The minimum Gasteiger partial charge on any atom is -0.481 e. The smallest absolute Gasteiger partial charge is 0.325 e. The number of carboxylic acid groups (broad SMARTS) is 2. The molecular weight excluding hydrogens is 384 g/mol. The number of nitrogens with two attached hydrogens (primary N) is 1. The zero-order valence-electron chi connectivity index (χ0n) is 17.4. The molecule has 166 valence electrons. The Morgan fingerprint density at radius 2 is 1.17 bits per heavy atom. The first-order valence-electron chi connectivity index (χ1n) is 9.39. The lowest BCUT2D eigenvalue weighted by Crippen LogP contribution is -2.59. The van der Waals surface area contributed by atoms with Crippen molar-refractivity contribution in [2.24, 2.45) is 17.6 Å². The molecule has 4 atom stereocenters. The first-order chi connectivity index (χ1) is 13.3. The van der Waals surface area contributed by atoms with Crippen LogP contribution in [0.2, 0.25) is 0 Å². The molecule has 0 aliphatic heterocycles. The van der Waals surface area contributed by atoms with Crippen molar-refractivity contribution in [2.45, 2.75) is 71.6 Å². The molecule has 11 heteroatoms. The summed E-state index contributed by atoms with van der Waals surface area (Å²) in [6.45, 7) is 8.03. The fourth-order valence-electron chi connectivity index (χ4n) is 2.35. The molecule has 3 amide bonds. The van der Waals surface area contributed by atoms with Crippen LogP contribution in [0, 0.1) is 11.8 Å². The van der Waals surface area contributed by atoms with Gasteiger partial charge in [-0.3, -0.25) is 24.0 Å². The minimum atomic E-state index is -1.21. The van der Waals surface area contributed by atoms with E-state index in [1.165, 1.54) is 6.92 Å². The summed E-state index contributed by atoms with van der Waals surface area (Å²) in [6.07, 6.45) is -0.373. The lowest BCUT2D eigenvalue weighted by Gasteiger charge is -2.28. The van der Waals surface area contributed by atoms with Crippen molar-refractivity contribution >= 4 is 29.7 Å². The van der Waals surface area contributed by atoms with Crippen molar-refractivity contribution in [3.63, 3.8) is 0 Å². The van der Waals surface area contributed by atoms with E-state index in [0.717, 1.165) is 0 Å². The standard InChI is InChI=1S/C18H32N4O7/c1-8(2)13(16(26)20-10(5)18(28)29)22-17(27)14(9(3)4)21-15(25)11(19)6-7-12(23)24/h8-11,13-14H,6-7,19H2,1-5H3,(H,20,26)(H,21,25)(H,22,27)(H,23,24)(H,28,29). The SMILES string of the molecule is CC(NC(=O)C(NC(=O)C(NC(=O)C(N)CCC(=O)O)C(C)C)C(C)C)C(=O)O. The maximum absolute atomic E-state index is 12.7. The maximum Gasteiger partial charge on any atom is 0.325 e. The maximum atomic E-state index is 12.7. The van der Waals surface area contributed by atoms with Crippen LogP contribution in [0.3, 0.4) is 0 Å². The van der Waals surface area contributed by atoms with E-state index in [-0.39, 0.29) is 24.7 Å². The van der Waals surface area contributed by atoms with Gasteiger partial charge in [-0.1, -0.05) is 27.7 Å². The number of amides is 3. The highest BCUT2D eigenvalue weighted by Crippen LogP contribution is 2.08. The molecule has 0 aromatic carbocycles. The van der Waals surface area contributed by atoms with Gasteiger partial charge in [0.15, 0.2) is 0 Å². The number of carbonyl (C=O) groups is 5. The first kappa shape index (κ1) is 26.3. The van der Waals surface area contributed by atoms with Crippen molar-refractivity contribution < 1.29 is 34.2 Å². The van der Waals surface area contributed by atoms with Gasteiger partial charge in [-0.25, -0.2) is 0 Å². The van der Waals surface area contributed by atoms with Crippen LogP contribution < -0.4 is 21.7 Å². The number of hydrogen-bond donors (Lipinski definition) is 6. The topological polar surface area (TPSA) is 188 Å². The quantitative estimate of drug-likeness (QED) is 0.235. The third kappa shape index (κ3) is 9.37. The average Bonchev–Trinajstić information content (AvgIpc) is 2.60. The normalized spacial score (nSPS) is 15.2. The van der Waals surface area contributed by atoms with Crippen LogP contribution in [0.4, 0.5) is 0 Å².